The molecule has 0 amide bonds. The standard InChI is InChI=1S/C15H15Br2NS/c1-10(18)8-11-2-3-13(17)9-15(11)19-14-6-4-12(16)5-7-14/h2-7,9-10H,8,18H2,1H3. The summed E-state index contributed by atoms with van der Waals surface area (Å²) in [6.07, 6.45) is 0.895. The van der Waals surface area contributed by atoms with Gasteiger partial charge in [-0.3, -0.25) is 0 Å². The Hall–Kier alpha value is -0.290. The van der Waals surface area contributed by atoms with Crippen LogP contribution in [0.25, 0.3) is 0 Å². The molecular weight excluding hydrogens is 386 g/mol. The second-order valence-corrected chi connectivity index (χ2v) is 7.44. The van der Waals surface area contributed by atoms with Gasteiger partial charge in [0.05, 0.1) is 0 Å². The zero-order valence-electron chi connectivity index (χ0n) is 10.6. The molecule has 0 aliphatic carbocycles. The first-order valence-electron chi connectivity index (χ1n) is 6.02. The predicted molar refractivity (Wildman–Crippen MR) is 89.8 cm³/mol. The average molecular weight is 401 g/mol. The molecule has 0 spiro atoms. The van der Waals surface area contributed by atoms with Crippen LogP contribution in [0.15, 0.2) is 61.2 Å². The van der Waals surface area contributed by atoms with E-state index in [9.17, 15) is 0 Å². The predicted octanol–water partition coefficient (Wildman–Crippen LogP) is 5.25. The molecule has 2 aromatic carbocycles. The van der Waals surface area contributed by atoms with Crippen molar-refractivity contribution in [1.29, 1.82) is 0 Å². The van der Waals surface area contributed by atoms with Gasteiger partial charge in [-0.15, -0.1) is 0 Å². The van der Waals surface area contributed by atoms with Gasteiger partial charge in [-0.05, 0) is 55.3 Å². The summed E-state index contributed by atoms with van der Waals surface area (Å²) in [7, 11) is 0. The number of nitrogens with two attached hydrogens (primary N) is 1. The van der Waals surface area contributed by atoms with Gasteiger partial charge in [-0.1, -0.05) is 49.7 Å². The van der Waals surface area contributed by atoms with E-state index in [0.717, 1.165) is 15.4 Å². The summed E-state index contributed by atoms with van der Waals surface area (Å²) in [6.45, 7) is 2.04. The highest BCUT2D eigenvalue weighted by Gasteiger charge is 2.07. The molecule has 0 aliphatic heterocycles. The van der Waals surface area contributed by atoms with Crippen LogP contribution in [0.5, 0.6) is 0 Å². The van der Waals surface area contributed by atoms with Crippen LogP contribution >= 0.6 is 43.6 Å². The summed E-state index contributed by atoms with van der Waals surface area (Å²) < 4.78 is 2.20. The lowest BCUT2D eigenvalue weighted by Crippen LogP contribution is -2.18. The molecule has 1 unspecified atom stereocenters. The normalized spacial score (nSPS) is 12.4. The van der Waals surface area contributed by atoms with Crippen LogP contribution in [-0.2, 0) is 6.42 Å². The molecule has 1 atom stereocenters. The Kier molecular flexibility index (Phi) is 5.51. The molecule has 2 aromatic rings. The number of benzene rings is 2. The van der Waals surface area contributed by atoms with Crippen LogP contribution in [0.1, 0.15) is 12.5 Å². The maximum Gasteiger partial charge on any atom is 0.0186 e. The van der Waals surface area contributed by atoms with Gasteiger partial charge in [0.25, 0.3) is 0 Å². The number of hydrogen-bond acceptors (Lipinski definition) is 2. The second kappa shape index (κ2) is 6.93. The van der Waals surface area contributed by atoms with E-state index in [0.29, 0.717) is 0 Å². The molecule has 2 rings (SSSR count). The maximum absolute atomic E-state index is 5.92. The van der Waals surface area contributed by atoms with Gasteiger partial charge in [-0.2, -0.15) is 0 Å². The molecule has 100 valence electrons. The van der Waals surface area contributed by atoms with Gasteiger partial charge >= 0.3 is 0 Å². The van der Waals surface area contributed by atoms with E-state index in [1.54, 1.807) is 11.8 Å². The SMILES string of the molecule is CC(N)Cc1ccc(Br)cc1Sc1ccc(Br)cc1. The molecule has 0 saturated heterocycles. The van der Waals surface area contributed by atoms with Crippen LogP contribution in [0.4, 0.5) is 0 Å². The van der Waals surface area contributed by atoms with E-state index in [1.807, 2.05) is 6.92 Å². The van der Waals surface area contributed by atoms with Crippen LogP contribution in [0.3, 0.4) is 0 Å². The molecule has 19 heavy (non-hydrogen) atoms. The van der Waals surface area contributed by atoms with E-state index in [-0.39, 0.29) is 6.04 Å². The highest BCUT2D eigenvalue weighted by molar-refractivity contribution is 9.10. The number of rotatable bonds is 4. The van der Waals surface area contributed by atoms with E-state index >= 15 is 0 Å². The zero-order valence-corrected chi connectivity index (χ0v) is 14.6. The van der Waals surface area contributed by atoms with Crippen molar-refractivity contribution in [3.8, 4) is 0 Å². The fourth-order valence-corrected chi connectivity index (χ4v) is 3.54. The van der Waals surface area contributed by atoms with Crippen molar-refractivity contribution in [2.75, 3.05) is 0 Å². The Bertz CT molecular complexity index is 553. The monoisotopic (exact) mass is 399 g/mol. The van der Waals surface area contributed by atoms with Gasteiger partial charge in [0.1, 0.15) is 0 Å². The van der Waals surface area contributed by atoms with Gasteiger partial charge in [0, 0.05) is 24.8 Å². The molecule has 0 aromatic heterocycles. The third-order valence-electron chi connectivity index (χ3n) is 2.61. The van der Waals surface area contributed by atoms with Crippen molar-refractivity contribution in [2.45, 2.75) is 29.2 Å². The Balaban J connectivity index is 2.27. The molecule has 4 heteroatoms. The quantitative estimate of drug-likeness (QED) is 0.757. The van der Waals surface area contributed by atoms with Gasteiger partial charge < -0.3 is 5.73 Å². The molecule has 0 fully saturated rings. The van der Waals surface area contributed by atoms with Crippen molar-refractivity contribution < 1.29 is 0 Å². The summed E-state index contributed by atoms with van der Waals surface area (Å²) >= 11 is 8.76. The lowest BCUT2D eigenvalue weighted by atomic mass is 10.1. The fraction of sp³-hybridized carbons (Fsp3) is 0.200. The maximum atomic E-state index is 5.92. The van der Waals surface area contributed by atoms with E-state index in [1.165, 1.54) is 15.4 Å². The first-order valence-corrected chi connectivity index (χ1v) is 8.42. The van der Waals surface area contributed by atoms with Crippen molar-refractivity contribution in [3.05, 3.63) is 57.0 Å². The molecule has 0 aliphatic rings. The summed E-state index contributed by atoms with van der Waals surface area (Å²) in [4.78, 5) is 2.49. The smallest absolute Gasteiger partial charge is 0.0186 e. The minimum Gasteiger partial charge on any atom is -0.328 e. The first-order chi connectivity index (χ1) is 9.04. The number of halogens is 2. The summed E-state index contributed by atoms with van der Waals surface area (Å²) in [5.74, 6) is 0. The zero-order chi connectivity index (χ0) is 13.8. The molecule has 0 radical (unpaired) electrons. The Morgan fingerprint density at radius 3 is 2.32 bits per heavy atom. The minimum atomic E-state index is 0.172. The molecule has 0 bridgehead atoms. The van der Waals surface area contributed by atoms with Crippen LogP contribution < -0.4 is 5.73 Å². The molecular formula is C15H15Br2NS. The fourth-order valence-electron chi connectivity index (χ4n) is 1.77. The Morgan fingerprint density at radius 2 is 1.68 bits per heavy atom. The van der Waals surface area contributed by atoms with Gasteiger partial charge in [-0.25, -0.2) is 0 Å². The number of hydrogen-bond donors (Lipinski definition) is 1. The molecule has 1 nitrogen and oxygen atoms in total. The summed E-state index contributed by atoms with van der Waals surface area (Å²) in [6, 6.07) is 14.9. The van der Waals surface area contributed by atoms with Crippen LogP contribution in [0, 0.1) is 0 Å². The lowest BCUT2D eigenvalue weighted by Gasteiger charge is -2.12. The minimum absolute atomic E-state index is 0.172. The van der Waals surface area contributed by atoms with E-state index in [2.05, 4.69) is 74.3 Å². The van der Waals surface area contributed by atoms with Crippen molar-refractivity contribution in [3.63, 3.8) is 0 Å². The third-order valence-corrected chi connectivity index (χ3v) is 4.74. The second-order valence-electron chi connectivity index (χ2n) is 4.49. The topological polar surface area (TPSA) is 26.0 Å². The lowest BCUT2D eigenvalue weighted by molar-refractivity contribution is 0.729. The average Bonchev–Trinajstić information content (AvgIpc) is 2.35. The van der Waals surface area contributed by atoms with Gasteiger partial charge in [0.15, 0.2) is 0 Å². The Morgan fingerprint density at radius 1 is 1.05 bits per heavy atom. The third kappa shape index (κ3) is 4.63. The summed E-state index contributed by atoms with van der Waals surface area (Å²) in [5, 5.41) is 0. The van der Waals surface area contributed by atoms with Crippen LogP contribution in [0.2, 0.25) is 0 Å². The van der Waals surface area contributed by atoms with Gasteiger partial charge in [0.2, 0.25) is 0 Å². The van der Waals surface area contributed by atoms with Crippen LogP contribution in [-0.4, -0.2) is 6.04 Å². The molecule has 0 saturated carbocycles. The molecule has 2 N–H and O–H groups in total. The molecule has 0 heterocycles. The highest BCUT2D eigenvalue weighted by atomic mass is 79.9. The summed E-state index contributed by atoms with van der Waals surface area (Å²) in [5.41, 5.74) is 7.21. The van der Waals surface area contributed by atoms with Crippen molar-refractivity contribution in [2.24, 2.45) is 5.73 Å². The largest absolute Gasteiger partial charge is 0.328 e. The van der Waals surface area contributed by atoms with E-state index in [4.69, 9.17) is 5.73 Å². The van der Waals surface area contributed by atoms with E-state index < -0.39 is 0 Å². The first kappa shape index (κ1) is 15.1. The van der Waals surface area contributed by atoms with Crippen molar-refractivity contribution in [1.82, 2.24) is 0 Å². The van der Waals surface area contributed by atoms with Crippen molar-refractivity contribution >= 4 is 43.6 Å². The highest BCUT2D eigenvalue weighted by Crippen LogP contribution is 2.33. The Labute approximate surface area is 135 Å².